The number of alkyl halides is 7. The van der Waals surface area contributed by atoms with Gasteiger partial charge in [-0.25, -0.2) is 0 Å². The number of ether oxygens (including phenoxy) is 1. The fourth-order valence-electron chi connectivity index (χ4n) is 0.833. The summed E-state index contributed by atoms with van der Waals surface area (Å²) in [5, 5.41) is 0. The van der Waals surface area contributed by atoms with Gasteiger partial charge < -0.3 is 4.74 Å². The number of carbonyl (C=O) groups excluding carboxylic acids is 1. The van der Waals surface area contributed by atoms with Crippen molar-refractivity contribution in [3.63, 3.8) is 0 Å². The first-order valence-electron chi connectivity index (χ1n) is 5.24. The van der Waals surface area contributed by atoms with Crippen LogP contribution in [0.5, 0.6) is 0 Å². The number of carbonyl (C=O) groups is 1. The Balaban J connectivity index is 5.08. The summed E-state index contributed by atoms with van der Waals surface area (Å²) in [5.41, 5.74) is 0. The van der Waals surface area contributed by atoms with Crippen LogP contribution >= 0.6 is 23.5 Å². The van der Waals surface area contributed by atoms with Crippen LogP contribution < -0.4 is 0 Å². The van der Waals surface area contributed by atoms with Crippen LogP contribution in [-0.2, 0) is 23.1 Å². The molecule has 22 heavy (non-hydrogen) atoms. The molecule has 0 aliphatic rings. The van der Waals surface area contributed by atoms with Gasteiger partial charge in [0.15, 0.2) is 13.2 Å². The summed E-state index contributed by atoms with van der Waals surface area (Å²) in [7, 11) is -5.13. The van der Waals surface area contributed by atoms with E-state index in [4.69, 9.17) is 0 Å². The molecule has 0 aromatic heterocycles. The van der Waals surface area contributed by atoms with Gasteiger partial charge in [0.05, 0.1) is 0 Å². The van der Waals surface area contributed by atoms with Crippen molar-refractivity contribution in [3.05, 3.63) is 12.7 Å². The van der Waals surface area contributed by atoms with Crippen molar-refractivity contribution >= 4 is 29.5 Å². The highest BCUT2D eigenvalue weighted by molar-refractivity contribution is 9.11. The molecule has 0 aromatic carbocycles. The summed E-state index contributed by atoms with van der Waals surface area (Å²) in [6.45, 7) is -1.57. The Morgan fingerprint density at radius 2 is 1.55 bits per heavy atom. The summed E-state index contributed by atoms with van der Waals surface area (Å²) >= 11 is 2.37. The van der Waals surface area contributed by atoms with Gasteiger partial charge in [-0.1, -0.05) is 28.6 Å². The fourth-order valence-corrected chi connectivity index (χ4v) is 3.00. The van der Waals surface area contributed by atoms with Gasteiger partial charge in [0.2, 0.25) is 4.57 Å². The third-order valence-corrected chi connectivity index (χ3v) is 5.25. The monoisotopic (exact) mass is 422 g/mol. The molecule has 0 bridgehead atoms. The molecule has 0 saturated carbocycles. The maximum absolute atomic E-state index is 12.1. The molecule has 0 aliphatic heterocycles. The van der Waals surface area contributed by atoms with E-state index in [1.165, 1.54) is 0 Å². The van der Waals surface area contributed by atoms with Crippen molar-refractivity contribution in [2.75, 3.05) is 19.8 Å². The van der Waals surface area contributed by atoms with E-state index in [1.807, 2.05) is 0 Å². The Hall–Kier alpha value is -0.580. The normalized spacial score (nSPS) is 14.5. The van der Waals surface area contributed by atoms with Crippen molar-refractivity contribution < 1.29 is 49.5 Å². The lowest BCUT2D eigenvalue weighted by atomic mass is 10.7. The van der Waals surface area contributed by atoms with Gasteiger partial charge in [0.25, 0.3) is 0 Å². The molecule has 13 heteroatoms. The van der Waals surface area contributed by atoms with E-state index in [0.717, 1.165) is 6.08 Å². The van der Waals surface area contributed by atoms with Crippen LogP contribution in [0.25, 0.3) is 0 Å². The largest absolute Gasteiger partial charge is 0.460 e. The number of hydrogen-bond acceptors (Lipinski definition) is 5. The summed E-state index contributed by atoms with van der Waals surface area (Å²) < 4.78 is 94.3. The van der Waals surface area contributed by atoms with Crippen LogP contribution in [0.1, 0.15) is 0 Å². The zero-order chi connectivity index (χ0) is 17.6. The van der Waals surface area contributed by atoms with Crippen LogP contribution in [0.2, 0.25) is 0 Å². The quantitative estimate of drug-likeness (QED) is 0.196. The van der Waals surface area contributed by atoms with E-state index in [0.29, 0.717) is 0 Å². The van der Waals surface area contributed by atoms with Gasteiger partial charge in [-0.15, -0.1) is 0 Å². The minimum atomic E-state index is -5.13. The van der Waals surface area contributed by atoms with Crippen LogP contribution in [0.15, 0.2) is 12.7 Å². The van der Waals surface area contributed by atoms with E-state index in [2.05, 4.69) is 36.3 Å². The highest BCUT2D eigenvalue weighted by Gasteiger charge is 2.46. The first-order valence-corrected chi connectivity index (χ1v) is 7.77. The Bertz CT molecular complexity index is 415. The maximum Gasteiger partial charge on any atom is 0.412 e. The lowest BCUT2D eigenvalue weighted by Crippen LogP contribution is -2.26. The van der Waals surface area contributed by atoms with E-state index in [-0.39, 0.29) is 0 Å². The zero-order valence-corrected chi connectivity index (χ0v) is 13.1. The topological polar surface area (TPSA) is 61.8 Å². The van der Waals surface area contributed by atoms with Crippen molar-refractivity contribution in [1.82, 2.24) is 0 Å². The highest BCUT2D eigenvalue weighted by Crippen LogP contribution is 2.57. The summed E-state index contributed by atoms with van der Waals surface area (Å²) in [4.78, 5) is 11.4. The molecule has 0 rings (SSSR count). The SMILES string of the molecule is C=CCOC(=O)[C@@H](Br)P(=O)(OCC(F)(F)F)OCC(F)(F)F. The van der Waals surface area contributed by atoms with Crippen LogP contribution in [0.4, 0.5) is 26.3 Å². The molecule has 130 valence electrons. The van der Waals surface area contributed by atoms with Crippen molar-refractivity contribution in [2.24, 2.45) is 0 Å². The number of rotatable bonds is 8. The number of halogens is 7. The molecule has 0 fully saturated rings. The molecule has 0 heterocycles. The average molecular weight is 423 g/mol. The molecule has 1 atom stereocenters. The molecule has 0 saturated heterocycles. The molecule has 0 aliphatic carbocycles. The predicted octanol–water partition coefficient (Wildman–Crippen LogP) is 3.79. The lowest BCUT2D eigenvalue weighted by molar-refractivity contribution is -0.166. The van der Waals surface area contributed by atoms with E-state index >= 15 is 0 Å². The van der Waals surface area contributed by atoms with Crippen molar-refractivity contribution in [1.29, 1.82) is 0 Å². The Labute approximate surface area is 129 Å². The molecular formula is C9H10BrF6O5P. The smallest absolute Gasteiger partial charge is 0.412 e. The Morgan fingerprint density at radius 3 is 1.86 bits per heavy atom. The van der Waals surface area contributed by atoms with E-state index < -0.39 is 50.3 Å². The molecule has 0 spiro atoms. The molecule has 0 aromatic rings. The van der Waals surface area contributed by atoms with Crippen molar-refractivity contribution in [2.45, 2.75) is 16.9 Å². The number of esters is 1. The Morgan fingerprint density at radius 1 is 1.14 bits per heavy atom. The zero-order valence-electron chi connectivity index (χ0n) is 10.6. The van der Waals surface area contributed by atoms with Crippen LogP contribution in [0, 0.1) is 0 Å². The van der Waals surface area contributed by atoms with Gasteiger partial charge in [0, 0.05) is 0 Å². The Kier molecular flexibility index (Phi) is 8.10. The van der Waals surface area contributed by atoms with Gasteiger partial charge in [-0.3, -0.25) is 18.4 Å². The third-order valence-electron chi connectivity index (χ3n) is 1.63. The molecule has 0 amide bonds. The second kappa shape index (κ2) is 8.32. The molecular weight excluding hydrogens is 413 g/mol. The summed E-state index contributed by atoms with van der Waals surface area (Å²) in [6.07, 6.45) is -8.90. The minimum Gasteiger partial charge on any atom is -0.460 e. The second-order valence-corrected chi connectivity index (χ2v) is 7.31. The summed E-state index contributed by atoms with van der Waals surface area (Å²) in [6, 6.07) is 0. The molecule has 0 unspecified atom stereocenters. The molecule has 0 radical (unpaired) electrons. The van der Waals surface area contributed by atoms with Gasteiger partial charge in [-0.2, -0.15) is 26.3 Å². The highest BCUT2D eigenvalue weighted by atomic mass is 79.9. The standard InChI is InChI=1S/C9H10BrF6O5P/c1-2-3-19-7(17)6(10)22(18,20-4-8(11,12)13)21-5-9(14,15)16/h2,6H,1,3-5H2/t6-/m0/s1. The van der Waals surface area contributed by atoms with Crippen molar-refractivity contribution in [3.8, 4) is 0 Å². The van der Waals surface area contributed by atoms with Gasteiger partial charge >= 0.3 is 25.9 Å². The number of hydrogen-bond donors (Lipinski definition) is 0. The van der Waals surface area contributed by atoms with Gasteiger partial charge in [0.1, 0.15) is 6.61 Å². The predicted molar refractivity (Wildman–Crippen MR) is 65.5 cm³/mol. The fraction of sp³-hybridized carbons (Fsp3) is 0.667. The first-order chi connectivity index (χ1) is 9.81. The van der Waals surface area contributed by atoms with Crippen LogP contribution in [-0.4, -0.2) is 42.7 Å². The maximum atomic E-state index is 12.1. The van der Waals surface area contributed by atoms with E-state index in [9.17, 15) is 35.7 Å². The second-order valence-electron chi connectivity index (χ2n) is 3.57. The first kappa shape index (κ1) is 21.4. The molecule has 5 nitrogen and oxygen atoms in total. The van der Waals surface area contributed by atoms with E-state index in [1.54, 1.807) is 0 Å². The molecule has 0 N–H and O–H groups in total. The third kappa shape index (κ3) is 8.76. The summed E-state index contributed by atoms with van der Waals surface area (Å²) in [5.74, 6) is -1.42. The lowest BCUT2D eigenvalue weighted by Gasteiger charge is -2.23. The minimum absolute atomic E-state index is 0.403. The van der Waals surface area contributed by atoms with Crippen LogP contribution in [0.3, 0.4) is 0 Å². The average Bonchev–Trinajstić information content (AvgIpc) is 2.37. The van der Waals surface area contributed by atoms with Gasteiger partial charge in [-0.05, 0) is 0 Å².